The van der Waals surface area contributed by atoms with Gasteiger partial charge in [0.05, 0.1) is 17.3 Å². The Labute approximate surface area is 187 Å². The molecule has 0 radical (unpaired) electrons. The molecule has 2 aromatic rings. The van der Waals surface area contributed by atoms with Crippen molar-refractivity contribution in [3.05, 3.63) is 58.4 Å². The van der Waals surface area contributed by atoms with E-state index in [2.05, 4.69) is 15.0 Å². The molecule has 3 N–H and O–H groups in total. The van der Waals surface area contributed by atoms with Gasteiger partial charge in [0.25, 0.3) is 0 Å². The van der Waals surface area contributed by atoms with Crippen LogP contribution in [0, 0.1) is 6.92 Å². The maximum absolute atomic E-state index is 12.5. The van der Waals surface area contributed by atoms with Gasteiger partial charge < -0.3 is 25.2 Å². The molecule has 1 aliphatic heterocycles. The molecule has 0 bridgehead atoms. The Balaban J connectivity index is 1.63. The Morgan fingerprint density at radius 3 is 2.69 bits per heavy atom. The van der Waals surface area contributed by atoms with Gasteiger partial charge in [0.15, 0.2) is 0 Å². The molecule has 0 aliphatic carbocycles. The number of urea groups is 1. The number of nitrogens with zero attached hydrogens (tertiary/aromatic N) is 2. The molecule has 0 saturated heterocycles. The zero-order valence-corrected chi connectivity index (χ0v) is 17.7. The standard InChI is InChI=1S/C21H21ClF3N3O4/c1-12-8-15(2-3-18(12)32-21(23,24)25)27-20(31)28-6-4-13(5-7-28)19-16(22)9-14(10-26-19)17(30)11-29/h2-4,8-10,17,29-30H,5-7,11H2,1H3,(H,27,31)/t17-/m1/s1. The van der Waals surface area contributed by atoms with Gasteiger partial charge in [-0.1, -0.05) is 17.7 Å². The van der Waals surface area contributed by atoms with Crippen LogP contribution in [0.2, 0.25) is 5.02 Å². The van der Waals surface area contributed by atoms with E-state index in [-0.39, 0.29) is 17.9 Å². The van der Waals surface area contributed by atoms with Crippen molar-refractivity contribution in [2.45, 2.75) is 25.8 Å². The number of nitrogens with one attached hydrogen (secondary N) is 1. The highest BCUT2D eigenvalue weighted by Crippen LogP contribution is 2.30. The number of hydrogen-bond acceptors (Lipinski definition) is 5. The highest BCUT2D eigenvalue weighted by atomic mass is 35.5. The third-order valence-electron chi connectivity index (χ3n) is 4.87. The highest BCUT2D eigenvalue weighted by Gasteiger charge is 2.31. The van der Waals surface area contributed by atoms with Crippen molar-refractivity contribution in [1.29, 1.82) is 0 Å². The van der Waals surface area contributed by atoms with Crippen LogP contribution in [0.5, 0.6) is 5.75 Å². The molecule has 1 atom stereocenters. The molecule has 172 valence electrons. The van der Waals surface area contributed by atoms with E-state index in [0.29, 0.717) is 34.9 Å². The number of alkyl halides is 3. The Morgan fingerprint density at radius 2 is 2.12 bits per heavy atom. The van der Waals surface area contributed by atoms with Crippen LogP contribution in [0.1, 0.15) is 29.3 Å². The summed E-state index contributed by atoms with van der Waals surface area (Å²) in [4.78, 5) is 18.3. The molecule has 32 heavy (non-hydrogen) atoms. The van der Waals surface area contributed by atoms with Crippen molar-refractivity contribution in [2.24, 2.45) is 0 Å². The van der Waals surface area contributed by atoms with E-state index in [1.165, 1.54) is 30.2 Å². The number of aliphatic hydroxyl groups excluding tert-OH is 2. The van der Waals surface area contributed by atoms with Gasteiger partial charge >= 0.3 is 12.4 Å². The predicted molar refractivity (Wildman–Crippen MR) is 112 cm³/mol. The third kappa shape index (κ3) is 5.90. The maximum Gasteiger partial charge on any atom is 0.573 e. The minimum absolute atomic E-state index is 0.233. The fourth-order valence-corrected chi connectivity index (χ4v) is 3.51. The monoisotopic (exact) mass is 471 g/mol. The number of halogens is 4. The maximum atomic E-state index is 12.5. The second kappa shape index (κ2) is 9.76. The van der Waals surface area contributed by atoms with E-state index < -0.39 is 25.1 Å². The summed E-state index contributed by atoms with van der Waals surface area (Å²) in [6.07, 6.45) is -2.11. The number of amides is 2. The molecular weight excluding hydrogens is 451 g/mol. The Hall–Kier alpha value is -2.82. The lowest BCUT2D eigenvalue weighted by Gasteiger charge is -2.27. The molecule has 0 spiro atoms. The summed E-state index contributed by atoms with van der Waals surface area (Å²) in [7, 11) is 0. The fraction of sp³-hybridized carbons (Fsp3) is 0.333. The molecule has 7 nitrogen and oxygen atoms in total. The van der Waals surface area contributed by atoms with Gasteiger partial charge in [0.1, 0.15) is 11.9 Å². The molecule has 0 saturated carbocycles. The van der Waals surface area contributed by atoms with Gasteiger partial charge in [0.2, 0.25) is 0 Å². The number of anilines is 1. The molecule has 1 aromatic carbocycles. The van der Waals surface area contributed by atoms with Crippen LogP contribution >= 0.6 is 11.6 Å². The average molecular weight is 472 g/mol. The molecule has 2 heterocycles. The van der Waals surface area contributed by atoms with Crippen molar-refractivity contribution < 1.29 is 32.9 Å². The number of pyridine rings is 1. The Kier molecular flexibility index (Phi) is 7.27. The lowest BCUT2D eigenvalue weighted by Crippen LogP contribution is -2.38. The quantitative estimate of drug-likeness (QED) is 0.604. The topological polar surface area (TPSA) is 94.9 Å². The van der Waals surface area contributed by atoms with E-state index in [9.17, 15) is 23.1 Å². The van der Waals surface area contributed by atoms with E-state index >= 15 is 0 Å². The minimum atomic E-state index is -4.79. The van der Waals surface area contributed by atoms with E-state index in [4.69, 9.17) is 16.7 Å². The van der Waals surface area contributed by atoms with E-state index in [0.717, 1.165) is 11.6 Å². The van der Waals surface area contributed by atoms with Crippen LogP contribution in [-0.4, -0.2) is 52.2 Å². The van der Waals surface area contributed by atoms with Gasteiger partial charge in [-0.15, -0.1) is 13.2 Å². The lowest BCUT2D eigenvalue weighted by molar-refractivity contribution is -0.274. The summed E-state index contributed by atoms with van der Waals surface area (Å²) in [5.74, 6) is -0.331. The fourth-order valence-electron chi connectivity index (χ4n) is 3.21. The largest absolute Gasteiger partial charge is 0.573 e. The van der Waals surface area contributed by atoms with Crippen LogP contribution < -0.4 is 10.1 Å². The van der Waals surface area contributed by atoms with Crippen LogP contribution in [0.25, 0.3) is 5.57 Å². The van der Waals surface area contributed by atoms with Crippen molar-refractivity contribution in [1.82, 2.24) is 9.88 Å². The summed E-state index contributed by atoms with van der Waals surface area (Å²) in [5.41, 5.74) is 2.36. The molecule has 0 fully saturated rings. The summed E-state index contributed by atoms with van der Waals surface area (Å²) < 4.78 is 41.1. The number of aryl methyl sites for hydroxylation is 1. The van der Waals surface area contributed by atoms with Crippen molar-refractivity contribution in [2.75, 3.05) is 25.0 Å². The first kappa shape index (κ1) is 23.8. The predicted octanol–water partition coefficient (Wildman–Crippen LogP) is 4.29. The van der Waals surface area contributed by atoms with Crippen LogP contribution in [-0.2, 0) is 0 Å². The van der Waals surface area contributed by atoms with Crippen LogP contribution in [0.3, 0.4) is 0 Å². The summed E-state index contributed by atoms with van der Waals surface area (Å²) in [6.45, 7) is 1.68. The number of ether oxygens (including phenoxy) is 1. The van der Waals surface area contributed by atoms with Crippen LogP contribution in [0.4, 0.5) is 23.7 Å². The number of benzene rings is 1. The Morgan fingerprint density at radius 1 is 1.38 bits per heavy atom. The third-order valence-corrected chi connectivity index (χ3v) is 5.16. The van der Waals surface area contributed by atoms with Crippen molar-refractivity contribution in [3.8, 4) is 5.75 Å². The zero-order valence-electron chi connectivity index (χ0n) is 17.0. The average Bonchev–Trinajstić information content (AvgIpc) is 2.74. The second-order valence-corrected chi connectivity index (χ2v) is 7.59. The summed E-state index contributed by atoms with van der Waals surface area (Å²) >= 11 is 6.27. The van der Waals surface area contributed by atoms with E-state index in [1.54, 1.807) is 6.07 Å². The SMILES string of the molecule is Cc1cc(NC(=O)N2CC=C(c3ncc([C@H](O)CO)cc3Cl)CC2)ccc1OC(F)(F)F. The molecule has 1 aliphatic rings. The van der Waals surface area contributed by atoms with E-state index in [1.807, 2.05) is 6.08 Å². The number of aliphatic hydroxyl groups is 2. The molecule has 3 rings (SSSR count). The lowest BCUT2D eigenvalue weighted by atomic mass is 10.0. The first-order valence-electron chi connectivity index (χ1n) is 9.63. The molecule has 0 unspecified atom stereocenters. The number of hydrogen-bond donors (Lipinski definition) is 3. The summed E-state index contributed by atoms with van der Waals surface area (Å²) in [5, 5.41) is 21.7. The number of carbonyl (C=O) groups is 1. The number of aromatic nitrogens is 1. The zero-order chi connectivity index (χ0) is 23.5. The highest BCUT2D eigenvalue weighted by molar-refractivity contribution is 6.32. The first-order valence-corrected chi connectivity index (χ1v) is 10.0. The smallest absolute Gasteiger partial charge is 0.406 e. The molecule has 11 heteroatoms. The normalized spacial score (nSPS) is 15.2. The minimum Gasteiger partial charge on any atom is -0.406 e. The summed E-state index contributed by atoms with van der Waals surface area (Å²) in [6, 6.07) is 5.03. The van der Waals surface area contributed by atoms with Gasteiger partial charge in [-0.2, -0.15) is 0 Å². The van der Waals surface area contributed by atoms with Gasteiger partial charge in [-0.25, -0.2) is 4.79 Å². The second-order valence-electron chi connectivity index (χ2n) is 7.18. The first-order chi connectivity index (χ1) is 15.1. The van der Waals surface area contributed by atoms with Crippen molar-refractivity contribution in [3.63, 3.8) is 0 Å². The van der Waals surface area contributed by atoms with Crippen molar-refractivity contribution >= 4 is 28.9 Å². The molecule has 1 aromatic heterocycles. The number of rotatable bonds is 5. The molecule has 2 amide bonds. The van der Waals surface area contributed by atoms with Crippen LogP contribution in [0.15, 0.2) is 36.5 Å². The number of carbonyl (C=O) groups excluding carboxylic acids is 1. The Bertz CT molecular complexity index is 1030. The van der Waals surface area contributed by atoms with Gasteiger partial charge in [0, 0.05) is 30.5 Å². The van der Waals surface area contributed by atoms with Gasteiger partial charge in [-0.3, -0.25) is 4.98 Å². The van der Waals surface area contributed by atoms with Gasteiger partial charge in [-0.05, 0) is 48.7 Å². The molecular formula is C21H21ClF3N3O4.